The molecule has 0 bridgehead atoms. The Hall–Kier alpha value is -1.22. The maximum atomic E-state index is 9.97. The Morgan fingerprint density at radius 2 is 1.62 bits per heavy atom. The summed E-state index contributed by atoms with van der Waals surface area (Å²) in [6, 6.07) is 3.88. The van der Waals surface area contributed by atoms with Crippen molar-refractivity contribution in [1.29, 1.82) is 0 Å². The van der Waals surface area contributed by atoms with Gasteiger partial charge < -0.3 is 14.6 Å². The zero-order valence-corrected chi connectivity index (χ0v) is 9.99. The number of methoxy groups -OCH3 is 2. The summed E-state index contributed by atoms with van der Waals surface area (Å²) in [6.45, 7) is 2.18. The molecule has 1 aromatic rings. The number of benzene rings is 1. The van der Waals surface area contributed by atoms with Gasteiger partial charge in [0.05, 0.1) is 20.3 Å². The van der Waals surface area contributed by atoms with Crippen LogP contribution in [0.3, 0.4) is 0 Å². The molecule has 3 heteroatoms. The van der Waals surface area contributed by atoms with Gasteiger partial charge in [0.2, 0.25) is 0 Å². The van der Waals surface area contributed by atoms with Gasteiger partial charge in [0.1, 0.15) is 0 Å². The van der Waals surface area contributed by atoms with E-state index in [9.17, 15) is 5.11 Å². The van der Waals surface area contributed by atoms with Gasteiger partial charge in [-0.15, -0.1) is 0 Å². The fourth-order valence-corrected chi connectivity index (χ4v) is 2.34. The number of aliphatic hydroxyl groups excluding tert-OH is 1. The fraction of sp³-hybridized carbons (Fsp3) is 0.538. The van der Waals surface area contributed by atoms with Gasteiger partial charge in [-0.3, -0.25) is 0 Å². The van der Waals surface area contributed by atoms with Crippen LogP contribution in [0.1, 0.15) is 42.9 Å². The first-order valence-corrected chi connectivity index (χ1v) is 5.61. The molecule has 0 aromatic heterocycles. The number of fused-ring (bicyclic) bond motifs is 1. The van der Waals surface area contributed by atoms with E-state index >= 15 is 0 Å². The molecule has 3 nitrogen and oxygen atoms in total. The average Bonchev–Trinajstić information content (AvgIpc) is 2.32. The van der Waals surface area contributed by atoms with Crippen LogP contribution in [0.25, 0.3) is 0 Å². The average molecular weight is 222 g/mol. The van der Waals surface area contributed by atoms with Gasteiger partial charge in [-0.25, -0.2) is 0 Å². The molecule has 2 rings (SSSR count). The SMILES string of the molecule is COc1cc2c(cc1OC)C(O)CCC2C. The molecule has 0 fully saturated rings. The topological polar surface area (TPSA) is 38.7 Å². The summed E-state index contributed by atoms with van der Waals surface area (Å²) >= 11 is 0. The largest absolute Gasteiger partial charge is 0.493 e. The normalized spacial score (nSPS) is 23.8. The smallest absolute Gasteiger partial charge is 0.161 e. The number of ether oxygens (including phenoxy) is 2. The first-order chi connectivity index (χ1) is 7.67. The molecule has 1 N–H and O–H groups in total. The molecular formula is C13H18O3. The predicted octanol–water partition coefficient (Wildman–Crippen LogP) is 2.63. The highest BCUT2D eigenvalue weighted by molar-refractivity contribution is 5.50. The lowest BCUT2D eigenvalue weighted by Crippen LogP contribution is -2.13. The van der Waals surface area contributed by atoms with Crippen LogP contribution in [0.4, 0.5) is 0 Å². The Labute approximate surface area is 96.0 Å². The molecule has 0 amide bonds. The summed E-state index contributed by atoms with van der Waals surface area (Å²) in [5, 5.41) is 9.97. The van der Waals surface area contributed by atoms with E-state index in [1.165, 1.54) is 5.56 Å². The molecule has 2 unspecified atom stereocenters. The molecule has 2 atom stereocenters. The molecule has 1 aliphatic rings. The first kappa shape index (κ1) is 11.3. The first-order valence-electron chi connectivity index (χ1n) is 5.61. The Morgan fingerprint density at radius 3 is 2.19 bits per heavy atom. The molecule has 0 heterocycles. The van der Waals surface area contributed by atoms with Crippen molar-refractivity contribution in [3.05, 3.63) is 23.3 Å². The molecule has 0 saturated carbocycles. The fourth-order valence-electron chi connectivity index (χ4n) is 2.34. The quantitative estimate of drug-likeness (QED) is 0.836. The minimum absolute atomic E-state index is 0.369. The molecule has 0 saturated heterocycles. The Balaban J connectivity index is 2.53. The highest BCUT2D eigenvalue weighted by Gasteiger charge is 2.25. The van der Waals surface area contributed by atoms with Crippen molar-refractivity contribution in [2.45, 2.75) is 31.8 Å². The van der Waals surface area contributed by atoms with Crippen molar-refractivity contribution >= 4 is 0 Å². The highest BCUT2D eigenvalue weighted by atomic mass is 16.5. The summed E-state index contributed by atoms with van der Waals surface area (Å²) in [5.41, 5.74) is 2.16. The van der Waals surface area contributed by atoms with Gasteiger partial charge >= 0.3 is 0 Å². The Bertz CT molecular complexity index is 350. The van der Waals surface area contributed by atoms with Crippen LogP contribution in [-0.4, -0.2) is 19.3 Å². The van der Waals surface area contributed by atoms with Gasteiger partial charge in [-0.05, 0) is 42.0 Å². The highest BCUT2D eigenvalue weighted by Crippen LogP contribution is 2.42. The summed E-state index contributed by atoms with van der Waals surface area (Å²) in [7, 11) is 3.25. The van der Waals surface area contributed by atoms with E-state index in [-0.39, 0.29) is 6.10 Å². The minimum atomic E-state index is -0.369. The van der Waals surface area contributed by atoms with Crippen molar-refractivity contribution in [1.82, 2.24) is 0 Å². The van der Waals surface area contributed by atoms with Crippen LogP contribution in [0.15, 0.2) is 12.1 Å². The van der Waals surface area contributed by atoms with Gasteiger partial charge in [-0.2, -0.15) is 0 Å². The van der Waals surface area contributed by atoms with Crippen molar-refractivity contribution < 1.29 is 14.6 Å². The van der Waals surface area contributed by atoms with Crippen LogP contribution < -0.4 is 9.47 Å². The second kappa shape index (κ2) is 4.34. The van der Waals surface area contributed by atoms with E-state index in [4.69, 9.17) is 9.47 Å². The van der Waals surface area contributed by atoms with Crippen LogP contribution >= 0.6 is 0 Å². The molecular weight excluding hydrogens is 204 g/mol. The predicted molar refractivity (Wildman–Crippen MR) is 62.2 cm³/mol. The summed E-state index contributed by atoms with van der Waals surface area (Å²) in [6.07, 6.45) is 1.47. The van der Waals surface area contributed by atoms with Crippen LogP contribution in [0.5, 0.6) is 11.5 Å². The maximum Gasteiger partial charge on any atom is 0.161 e. The van der Waals surface area contributed by atoms with Gasteiger partial charge in [0.15, 0.2) is 11.5 Å². The third-order valence-electron chi connectivity index (χ3n) is 3.35. The van der Waals surface area contributed by atoms with Gasteiger partial charge in [-0.1, -0.05) is 6.92 Å². The summed E-state index contributed by atoms with van der Waals surface area (Å²) in [5.74, 6) is 1.90. The molecule has 0 aliphatic heterocycles. The van der Waals surface area contributed by atoms with E-state index < -0.39 is 0 Å². The number of hydrogen-bond donors (Lipinski definition) is 1. The second-order valence-electron chi connectivity index (χ2n) is 4.33. The summed E-state index contributed by atoms with van der Waals surface area (Å²) < 4.78 is 10.5. The second-order valence-corrected chi connectivity index (χ2v) is 4.33. The zero-order chi connectivity index (χ0) is 11.7. The molecule has 0 radical (unpaired) electrons. The third kappa shape index (κ3) is 1.76. The number of hydrogen-bond acceptors (Lipinski definition) is 3. The van der Waals surface area contributed by atoms with Crippen molar-refractivity contribution in [3.63, 3.8) is 0 Å². The standard InChI is InChI=1S/C13H18O3/c1-8-4-5-11(14)10-7-13(16-3)12(15-2)6-9(8)10/h6-8,11,14H,4-5H2,1-3H3. The van der Waals surface area contributed by atoms with E-state index in [0.29, 0.717) is 11.7 Å². The van der Waals surface area contributed by atoms with E-state index in [0.717, 1.165) is 24.2 Å². The van der Waals surface area contributed by atoms with E-state index in [1.54, 1.807) is 14.2 Å². The molecule has 16 heavy (non-hydrogen) atoms. The van der Waals surface area contributed by atoms with Crippen LogP contribution in [0, 0.1) is 0 Å². The number of rotatable bonds is 2. The lowest BCUT2D eigenvalue weighted by molar-refractivity contribution is 0.151. The van der Waals surface area contributed by atoms with E-state index in [1.807, 2.05) is 12.1 Å². The van der Waals surface area contributed by atoms with Crippen molar-refractivity contribution in [2.75, 3.05) is 14.2 Å². The zero-order valence-electron chi connectivity index (χ0n) is 9.99. The monoisotopic (exact) mass is 222 g/mol. The van der Waals surface area contributed by atoms with Crippen molar-refractivity contribution in [2.24, 2.45) is 0 Å². The van der Waals surface area contributed by atoms with Gasteiger partial charge in [0.25, 0.3) is 0 Å². The molecule has 88 valence electrons. The number of aliphatic hydroxyl groups is 1. The molecule has 1 aromatic carbocycles. The van der Waals surface area contributed by atoms with Crippen LogP contribution in [-0.2, 0) is 0 Å². The van der Waals surface area contributed by atoms with Gasteiger partial charge in [0, 0.05) is 0 Å². The maximum absolute atomic E-state index is 9.97. The Morgan fingerprint density at radius 1 is 1.06 bits per heavy atom. The lowest BCUT2D eigenvalue weighted by atomic mass is 9.82. The Kier molecular flexibility index (Phi) is 3.06. The minimum Gasteiger partial charge on any atom is -0.493 e. The lowest BCUT2D eigenvalue weighted by Gasteiger charge is -2.27. The molecule has 1 aliphatic carbocycles. The van der Waals surface area contributed by atoms with Crippen LogP contribution in [0.2, 0.25) is 0 Å². The summed E-state index contributed by atoms with van der Waals surface area (Å²) in [4.78, 5) is 0. The van der Waals surface area contributed by atoms with Crippen molar-refractivity contribution in [3.8, 4) is 11.5 Å². The molecule has 0 spiro atoms. The van der Waals surface area contributed by atoms with E-state index in [2.05, 4.69) is 6.92 Å². The third-order valence-corrected chi connectivity index (χ3v) is 3.35.